The lowest BCUT2D eigenvalue weighted by molar-refractivity contribution is -0.120. The number of nitrogens with two attached hydrogens (primary N) is 1. The minimum Gasteiger partial charge on any atom is -0.375 e. The van der Waals surface area contributed by atoms with Crippen molar-refractivity contribution < 1.29 is 4.74 Å². The molecule has 3 rings (SSSR count). The molecular weight excluding hydrogens is 272 g/mol. The van der Waals surface area contributed by atoms with Crippen molar-refractivity contribution in [2.24, 2.45) is 11.7 Å². The van der Waals surface area contributed by atoms with Gasteiger partial charge in [-0.2, -0.15) is 0 Å². The molecule has 1 aliphatic heterocycles. The molecule has 4 heteroatoms. The monoisotopic (exact) mass is 294 g/mol. The predicted molar refractivity (Wildman–Crippen MR) is 80.7 cm³/mol. The fourth-order valence-corrected chi connectivity index (χ4v) is 4.03. The van der Waals surface area contributed by atoms with E-state index in [1.807, 2.05) is 12.1 Å². The maximum atomic E-state index is 6.46. The van der Waals surface area contributed by atoms with Gasteiger partial charge in [0.1, 0.15) is 0 Å². The van der Waals surface area contributed by atoms with Crippen LogP contribution in [-0.2, 0) is 4.74 Å². The van der Waals surface area contributed by atoms with Gasteiger partial charge in [-0.3, -0.25) is 4.98 Å². The van der Waals surface area contributed by atoms with Crippen molar-refractivity contribution in [3.63, 3.8) is 0 Å². The summed E-state index contributed by atoms with van der Waals surface area (Å²) in [5.41, 5.74) is 7.38. The van der Waals surface area contributed by atoms with Gasteiger partial charge < -0.3 is 10.5 Å². The van der Waals surface area contributed by atoms with E-state index in [0.29, 0.717) is 10.9 Å². The lowest BCUT2D eigenvalue weighted by Crippen LogP contribution is -2.44. The minimum absolute atomic E-state index is 0.0774. The summed E-state index contributed by atoms with van der Waals surface area (Å²) in [4.78, 5) is 4.39. The molecule has 2 aliphatic rings. The molecular formula is C16H23ClN2O. The number of nitrogens with zero attached hydrogens (tertiary/aromatic N) is 1. The lowest BCUT2D eigenvalue weighted by Gasteiger charge is -2.45. The highest BCUT2D eigenvalue weighted by Gasteiger charge is 2.40. The summed E-state index contributed by atoms with van der Waals surface area (Å²) >= 11 is 6.24. The summed E-state index contributed by atoms with van der Waals surface area (Å²) in [6.07, 6.45) is 10.1. The Kier molecular flexibility index (Phi) is 4.29. The average molecular weight is 295 g/mol. The lowest BCUT2D eigenvalue weighted by atomic mass is 9.74. The van der Waals surface area contributed by atoms with Crippen LogP contribution >= 0.6 is 11.6 Å². The van der Waals surface area contributed by atoms with E-state index >= 15 is 0 Å². The molecule has 20 heavy (non-hydrogen) atoms. The van der Waals surface area contributed by atoms with E-state index in [4.69, 9.17) is 22.1 Å². The quantitative estimate of drug-likeness (QED) is 0.901. The molecule has 1 spiro atoms. The van der Waals surface area contributed by atoms with E-state index in [0.717, 1.165) is 25.1 Å². The summed E-state index contributed by atoms with van der Waals surface area (Å²) in [5, 5.41) is 0.684. The fourth-order valence-electron chi connectivity index (χ4n) is 3.78. The molecule has 2 fully saturated rings. The van der Waals surface area contributed by atoms with Crippen LogP contribution in [0, 0.1) is 5.92 Å². The summed E-state index contributed by atoms with van der Waals surface area (Å²) < 4.78 is 6.14. The Morgan fingerprint density at radius 3 is 2.90 bits per heavy atom. The second-order valence-corrected chi connectivity index (χ2v) is 6.65. The molecule has 2 unspecified atom stereocenters. The Balaban J connectivity index is 1.75. The van der Waals surface area contributed by atoms with Crippen molar-refractivity contribution in [3.05, 3.63) is 29.0 Å². The molecule has 3 nitrogen and oxygen atoms in total. The van der Waals surface area contributed by atoms with Crippen LogP contribution < -0.4 is 5.73 Å². The van der Waals surface area contributed by atoms with Gasteiger partial charge in [-0.25, -0.2) is 0 Å². The molecule has 2 atom stereocenters. The number of hydrogen-bond donors (Lipinski definition) is 1. The Morgan fingerprint density at radius 2 is 2.15 bits per heavy atom. The zero-order valence-corrected chi connectivity index (χ0v) is 12.6. The van der Waals surface area contributed by atoms with Crippen LogP contribution in [0.25, 0.3) is 0 Å². The van der Waals surface area contributed by atoms with Crippen molar-refractivity contribution in [3.8, 4) is 0 Å². The van der Waals surface area contributed by atoms with Crippen molar-refractivity contribution in [1.29, 1.82) is 0 Å². The molecule has 0 aromatic carbocycles. The van der Waals surface area contributed by atoms with Crippen LogP contribution in [0.3, 0.4) is 0 Å². The summed E-state index contributed by atoms with van der Waals surface area (Å²) in [5.74, 6) is 0.425. The number of halogens is 1. The maximum Gasteiger partial charge on any atom is 0.0759 e. The Morgan fingerprint density at radius 1 is 1.35 bits per heavy atom. The molecule has 0 amide bonds. The standard InChI is InChI=1S/C16H23ClN2O/c17-13-5-4-9-19-15(13)14(18)12-6-10-20-16(11-12)7-2-1-3-8-16/h4-5,9,12,14H,1-3,6-8,10-11,18H2. The van der Waals surface area contributed by atoms with E-state index in [1.54, 1.807) is 6.20 Å². The molecule has 0 bridgehead atoms. The molecule has 2 N–H and O–H groups in total. The first-order valence-corrected chi connectivity index (χ1v) is 8.08. The zero-order chi connectivity index (χ0) is 14.0. The van der Waals surface area contributed by atoms with Gasteiger partial charge in [0.2, 0.25) is 0 Å². The molecule has 1 aromatic heterocycles. The van der Waals surface area contributed by atoms with Gasteiger partial charge in [0, 0.05) is 12.8 Å². The third kappa shape index (κ3) is 2.85. The number of pyridine rings is 1. The van der Waals surface area contributed by atoms with Crippen molar-refractivity contribution in [1.82, 2.24) is 4.98 Å². The Labute approximate surface area is 125 Å². The highest BCUT2D eigenvalue weighted by atomic mass is 35.5. The van der Waals surface area contributed by atoms with Crippen LogP contribution in [0.5, 0.6) is 0 Å². The number of hydrogen-bond acceptors (Lipinski definition) is 3. The van der Waals surface area contributed by atoms with Gasteiger partial charge in [-0.1, -0.05) is 30.9 Å². The largest absolute Gasteiger partial charge is 0.375 e. The van der Waals surface area contributed by atoms with Crippen molar-refractivity contribution in [2.45, 2.75) is 56.6 Å². The molecule has 2 heterocycles. The second-order valence-electron chi connectivity index (χ2n) is 6.24. The summed E-state index contributed by atoms with van der Waals surface area (Å²) in [6.45, 7) is 0.822. The predicted octanol–water partition coefficient (Wildman–Crippen LogP) is 3.86. The first-order valence-electron chi connectivity index (χ1n) is 7.70. The van der Waals surface area contributed by atoms with Gasteiger partial charge in [-0.15, -0.1) is 0 Å². The maximum absolute atomic E-state index is 6.46. The first-order chi connectivity index (χ1) is 9.70. The van der Waals surface area contributed by atoms with E-state index < -0.39 is 0 Å². The summed E-state index contributed by atoms with van der Waals surface area (Å²) in [6, 6.07) is 3.65. The Hall–Kier alpha value is -0.640. The van der Waals surface area contributed by atoms with Gasteiger partial charge >= 0.3 is 0 Å². The molecule has 1 saturated heterocycles. The molecule has 110 valence electrons. The average Bonchev–Trinajstić information content (AvgIpc) is 2.48. The highest BCUT2D eigenvalue weighted by Crippen LogP contribution is 2.44. The number of aromatic nitrogens is 1. The van der Waals surface area contributed by atoms with Gasteiger partial charge in [0.05, 0.1) is 22.4 Å². The highest BCUT2D eigenvalue weighted by molar-refractivity contribution is 6.31. The zero-order valence-electron chi connectivity index (χ0n) is 11.9. The van der Waals surface area contributed by atoms with Crippen LogP contribution in [0.1, 0.15) is 56.7 Å². The topological polar surface area (TPSA) is 48.1 Å². The third-order valence-electron chi connectivity index (χ3n) is 4.91. The van der Waals surface area contributed by atoms with Crippen LogP contribution in [0.15, 0.2) is 18.3 Å². The molecule has 1 aliphatic carbocycles. The third-order valence-corrected chi connectivity index (χ3v) is 5.23. The van der Waals surface area contributed by atoms with Crippen LogP contribution in [0.4, 0.5) is 0 Å². The van der Waals surface area contributed by atoms with E-state index in [9.17, 15) is 0 Å². The van der Waals surface area contributed by atoms with Gasteiger partial charge in [0.25, 0.3) is 0 Å². The van der Waals surface area contributed by atoms with Crippen molar-refractivity contribution >= 4 is 11.6 Å². The second kappa shape index (κ2) is 6.00. The number of rotatable bonds is 2. The molecule has 1 saturated carbocycles. The number of ether oxygens (including phenoxy) is 1. The Bertz CT molecular complexity index is 454. The summed E-state index contributed by atoms with van der Waals surface area (Å²) in [7, 11) is 0. The van der Waals surface area contributed by atoms with E-state index in [1.165, 1.54) is 32.1 Å². The molecule has 0 radical (unpaired) electrons. The normalized spacial score (nSPS) is 27.4. The first kappa shape index (κ1) is 14.3. The van der Waals surface area contributed by atoms with E-state index in [-0.39, 0.29) is 11.6 Å². The van der Waals surface area contributed by atoms with Crippen LogP contribution in [0.2, 0.25) is 5.02 Å². The van der Waals surface area contributed by atoms with Gasteiger partial charge in [0.15, 0.2) is 0 Å². The van der Waals surface area contributed by atoms with E-state index in [2.05, 4.69) is 4.98 Å². The molecule has 1 aromatic rings. The van der Waals surface area contributed by atoms with Gasteiger partial charge in [-0.05, 0) is 43.7 Å². The minimum atomic E-state index is -0.0774. The fraction of sp³-hybridized carbons (Fsp3) is 0.688. The van der Waals surface area contributed by atoms with Crippen molar-refractivity contribution in [2.75, 3.05) is 6.61 Å². The SMILES string of the molecule is NC(c1ncccc1Cl)C1CCOC2(CCCCC2)C1. The smallest absolute Gasteiger partial charge is 0.0759 e. The van der Waals surface area contributed by atoms with Crippen LogP contribution in [-0.4, -0.2) is 17.2 Å².